The van der Waals surface area contributed by atoms with Gasteiger partial charge in [0, 0.05) is 38.5 Å². The van der Waals surface area contributed by atoms with Gasteiger partial charge >= 0.3 is 0 Å². The first kappa shape index (κ1) is 21.5. The third-order valence-electron chi connectivity index (χ3n) is 7.24. The predicted octanol–water partition coefficient (Wildman–Crippen LogP) is 4.52. The molecule has 1 atom stereocenters. The molecule has 3 aliphatic heterocycles. The molecule has 6 heteroatoms. The molecule has 2 fully saturated rings. The number of carbonyl (C=O) groups is 1. The Labute approximate surface area is 191 Å². The lowest BCUT2D eigenvalue weighted by molar-refractivity contribution is 0.0759. The minimum atomic E-state index is -0.103. The molecule has 0 spiro atoms. The average Bonchev–Trinajstić information content (AvgIpc) is 3.26. The third-order valence-corrected chi connectivity index (χ3v) is 7.24. The number of hydrogen-bond donors (Lipinski definition) is 1. The van der Waals surface area contributed by atoms with Crippen LogP contribution in [0.15, 0.2) is 24.4 Å². The van der Waals surface area contributed by atoms with Crippen molar-refractivity contribution in [3.8, 4) is 5.75 Å². The van der Waals surface area contributed by atoms with Crippen LogP contribution in [0.25, 0.3) is 0 Å². The van der Waals surface area contributed by atoms with E-state index in [2.05, 4.69) is 47.1 Å². The Morgan fingerprint density at radius 2 is 1.97 bits per heavy atom. The number of piperidine rings is 1. The summed E-state index contributed by atoms with van der Waals surface area (Å²) in [4.78, 5) is 17.8. The van der Waals surface area contributed by atoms with Crippen LogP contribution in [-0.4, -0.2) is 57.7 Å². The summed E-state index contributed by atoms with van der Waals surface area (Å²) in [5.74, 6) is 1.52. The molecule has 1 aromatic heterocycles. The second-order valence-electron chi connectivity index (χ2n) is 10.5. The van der Waals surface area contributed by atoms with Crippen LogP contribution >= 0.6 is 0 Å². The molecule has 1 amide bonds. The van der Waals surface area contributed by atoms with E-state index in [-0.39, 0.29) is 11.5 Å². The Bertz CT molecular complexity index is 958. The highest BCUT2D eigenvalue weighted by molar-refractivity contribution is 5.95. The third kappa shape index (κ3) is 4.56. The van der Waals surface area contributed by atoms with Gasteiger partial charge in [0.1, 0.15) is 11.4 Å². The average molecular weight is 437 g/mol. The quantitative estimate of drug-likeness (QED) is 0.766. The summed E-state index contributed by atoms with van der Waals surface area (Å²) in [6.07, 6.45) is 9.64. The van der Waals surface area contributed by atoms with E-state index in [0.717, 1.165) is 81.8 Å². The van der Waals surface area contributed by atoms with Gasteiger partial charge in [0.25, 0.3) is 5.91 Å². The summed E-state index contributed by atoms with van der Waals surface area (Å²) >= 11 is 0. The summed E-state index contributed by atoms with van der Waals surface area (Å²) in [5, 5.41) is 7.49. The molecule has 2 aromatic rings. The van der Waals surface area contributed by atoms with Gasteiger partial charge in [-0.2, -0.15) is 5.10 Å². The zero-order valence-corrected chi connectivity index (χ0v) is 19.5. The lowest BCUT2D eigenvalue weighted by Gasteiger charge is -2.33. The van der Waals surface area contributed by atoms with Gasteiger partial charge in [-0.25, -0.2) is 0 Å². The van der Waals surface area contributed by atoms with Gasteiger partial charge in [-0.05, 0) is 63.3 Å². The van der Waals surface area contributed by atoms with Gasteiger partial charge < -0.3 is 9.64 Å². The maximum absolute atomic E-state index is 13.3. The van der Waals surface area contributed by atoms with Crippen molar-refractivity contribution in [3.05, 3.63) is 46.8 Å². The van der Waals surface area contributed by atoms with Gasteiger partial charge in [0.2, 0.25) is 0 Å². The van der Waals surface area contributed by atoms with Crippen LogP contribution in [0.5, 0.6) is 5.75 Å². The Balaban J connectivity index is 1.26. The van der Waals surface area contributed by atoms with Crippen molar-refractivity contribution >= 4 is 5.91 Å². The minimum absolute atomic E-state index is 0.103. The summed E-state index contributed by atoms with van der Waals surface area (Å²) in [7, 11) is 0. The number of hydrogen-bond acceptors (Lipinski definition) is 4. The van der Waals surface area contributed by atoms with Gasteiger partial charge in [0.05, 0.1) is 17.5 Å². The molecule has 0 bridgehead atoms. The molecular weight excluding hydrogens is 400 g/mol. The van der Waals surface area contributed by atoms with E-state index in [4.69, 9.17) is 4.74 Å². The van der Waals surface area contributed by atoms with Crippen molar-refractivity contribution in [2.24, 2.45) is 0 Å². The molecule has 1 N–H and O–H groups in total. The van der Waals surface area contributed by atoms with Gasteiger partial charge in [0.15, 0.2) is 0 Å². The highest BCUT2D eigenvalue weighted by Crippen LogP contribution is 2.36. The van der Waals surface area contributed by atoms with Crippen molar-refractivity contribution in [2.75, 3.05) is 26.2 Å². The molecule has 0 radical (unpaired) electrons. The first-order valence-corrected chi connectivity index (χ1v) is 12.3. The molecule has 0 unspecified atom stereocenters. The first-order valence-electron chi connectivity index (χ1n) is 12.3. The molecule has 6 nitrogen and oxygen atoms in total. The standard InChI is InChI=1S/C26H36N4O2/c1-26(2)15-21-14-19(9-10-23(21)32-26)17-29-11-7-8-20(18-29)24-22(16-27-28-24)25(31)30-12-5-3-4-6-13-30/h9-10,14,16,20H,3-8,11-13,15,17-18H2,1-2H3,(H,27,28)/t20-/m1/s1. The fourth-order valence-electron chi connectivity index (χ4n) is 5.68. The monoisotopic (exact) mass is 436 g/mol. The molecule has 172 valence electrons. The summed E-state index contributed by atoms with van der Waals surface area (Å²) in [6.45, 7) is 9.04. The molecule has 32 heavy (non-hydrogen) atoms. The number of aromatic amines is 1. The number of aromatic nitrogens is 2. The van der Waals surface area contributed by atoms with Gasteiger partial charge in [-0.15, -0.1) is 0 Å². The Morgan fingerprint density at radius 3 is 2.78 bits per heavy atom. The molecule has 4 heterocycles. The number of amides is 1. The molecule has 5 rings (SSSR count). The highest BCUT2D eigenvalue weighted by atomic mass is 16.5. The van der Waals surface area contributed by atoms with Crippen LogP contribution < -0.4 is 4.74 Å². The van der Waals surface area contributed by atoms with Gasteiger partial charge in [-0.1, -0.05) is 25.0 Å². The zero-order chi connectivity index (χ0) is 22.1. The number of carbonyl (C=O) groups excluding carboxylic acids is 1. The largest absolute Gasteiger partial charge is 0.487 e. The number of fused-ring (bicyclic) bond motifs is 1. The van der Waals surface area contributed by atoms with E-state index in [0.29, 0.717) is 5.92 Å². The second-order valence-corrected chi connectivity index (χ2v) is 10.5. The van der Waals surface area contributed by atoms with Crippen molar-refractivity contribution in [2.45, 2.75) is 76.9 Å². The van der Waals surface area contributed by atoms with E-state index in [1.807, 2.05) is 4.90 Å². The lowest BCUT2D eigenvalue weighted by atomic mass is 9.91. The number of H-pyrrole nitrogens is 1. The fourth-order valence-corrected chi connectivity index (χ4v) is 5.68. The van der Waals surface area contributed by atoms with Crippen LogP contribution in [0.4, 0.5) is 0 Å². The SMILES string of the molecule is CC1(C)Cc2cc(CN3CCC[C@@H](c4[nH]ncc4C(=O)N4CCCCCC4)C3)ccc2O1. The van der Waals surface area contributed by atoms with Crippen LogP contribution in [0.2, 0.25) is 0 Å². The normalized spacial score (nSPS) is 23.4. The van der Waals surface area contributed by atoms with Gasteiger partial charge in [-0.3, -0.25) is 14.8 Å². The van der Waals surface area contributed by atoms with Crippen molar-refractivity contribution < 1.29 is 9.53 Å². The predicted molar refractivity (Wildman–Crippen MR) is 125 cm³/mol. The van der Waals surface area contributed by atoms with E-state index < -0.39 is 0 Å². The minimum Gasteiger partial charge on any atom is -0.487 e. The molecule has 3 aliphatic rings. The number of nitrogens with one attached hydrogen (secondary N) is 1. The summed E-state index contributed by atoms with van der Waals surface area (Å²) < 4.78 is 6.04. The Hall–Kier alpha value is -2.34. The zero-order valence-electron chi connectivity index (χ0n) is 19.5. The maximum Gasteiger partial charge on any atom is 0.257 e. The summed E-state index contributed by atoms with van der Waals surface area (Å²) in [6, 6.07) is 6.65. The maximum atomic E-state index is 13.3. The number of ether oxygens (including phenoxy) is 1. The van der Waals surface area contributed by atoms with Crippen molar-refractivity contribution in [1.29, 1.82) is 0 Å². The Kier molecular flexibility index (Phi) is 5.97. The smallest absolute Gasteiger partial charge is 0.257 e. The first-order chi connectivity index (χ1) is 15.5. The summed E-state index contributed by atoms with van der Waals surface area (Å²) in [5.41, 5.74) is 4.38. The molecular formula is C26H36N4O2. The lowest BCUT2D eigenvalue weighted by Crippen LogP contribution is -2.36. The van der Waals surface area contributed by atoms with Crippen LogP contribution in [-0.2, 0) is 13.0 Å². The number of likely N-dealkylation sites (tertiary alicyclic amines) is 2. The highest BCUT2D eigenvalue weighted by Gasteiger charge is 2.31. The van der Waals surface area contributed by atoms with Crippen molar-refractivity contribution in [3.63, 3.8) is 0 Å². The second kappa shape index (κ2) is 8.89. The van der Waals surface area contributed by atoms with E-state index in [9.17, 15) is 4.79 Å². The van der Waals surface area contributed by atoms with Crippen LogP contribution in [0, 0.1) is 0 Å². The fraction of sp³-hybridized carbons (Fsp3) is 0.615. The number of rotatable bonds is 4. The molecule has 0 aliphatic carbocycles. The van der Waals surface area contributed by atoms with E-state index in [1.54, 1.807) is 6.20 Å². The topological polar surface area (TPSA) is 61.5 Å². The van der Waals surface area contributed by atoms with E-state index in [1.165, 1.54) is 24.0 Å². The van der Waals surface area contributed by atoms with Crippen LogP contribution in [0.1, 0.15) is 85.5 Å². The Morgan fingerprint density at radius 1 is 1.16 bits per heavy atom. The molecule has 1 aromatic carbocycles. The number of benzene rings is 1. The van der Waals surface area contributed by atoms with E-state index >= 15 is 0 Å². The molecule has 0 saturated carbocycles. The molecule has 2 saturated heterocycles. The number of nitrogens with zero attached hydrogens (tertiary/aromatic N) is 3. The van der Waals surface area contributed by atoms with Crippen molar-refractivity contribution in [1.82, 2.24) is 20.0 Å². The van der Waals surface area contributed by atoms with Crippen LogP contribution in [0.3, 0.4) is 0 Å².